The molecule has 0 fully saturated rings. The number of benzene rings is 2. The highest BCUT2D eigenvalue weighted by Crippen LogP contribution is 2.35. The minimum atomic E-state index is -4.39. The zero-order chi connectivity index (χ0) is 16.9. The Bertz CT molecular complexity index is 657. The molecule has 1 N–H and O–H groups in total. The van der Waals surface area contributed by atoms with Gasteiger partial charge in [0.2, 0.25) is 0 Å². The highest BCUT2D eigenvalue weighted by Gasteiger charge is 2.33. The zero-order valence-corrected chi connectivity index (χ0v) is 12.9. The van der Waals surface area contributed by atoms with E-state index in [2.05, 4.69) is 5.32 Å². The molecule has 0 radical (unpaired) electrons. The summed E-state index contributed by atoms with van der Waals surface area (Å²) in [6.07, 6.45) is -4.39. The van der Waals surface area contributed by atoms with E-state index in [1.54, 1.807) is 24.3 Å². The van der Waals surface area contributed by atoms with Crippen molar-refractivity contribution in [1.29, 1.82) is 0 Å². The van der Waals surface area contributed by atoms with Crippen molar-refractivity contribution in [3.8, 4) is 11.5 Å². The van der Waals surface area contributed by atoms with Crippen LogP contribution >= 0.6 is 0 Å². The van der Waals surface area contributed by atoms with Gasteiger partial charge in [-0.2, -0.15) is 13.2 Å². The van der Waals surface area contributed by atoms with E-state index in [9.17, 15) is 13.2 Å². The van der Waals surface area contributed by atoms with Crippen LogP contribution in [0.3, 0.4) is 0 Å². The molecule has 6 heteroatoms. The second-order valence-electron chi connectivity index (χ2n) is 4.82. The molecule has 0 spiro atoms. The van der Waals surface area contributed by atoms with Gasteiger partial charge >= 0.3 is 6.18 Å². The van der Waals surface area contributed by atoms with Crippen LogP contribution in [0.4, 0.5) is 18.9 Å². The number of nitrogens with one attached hydrogen (secondary N) is 1. The first kappa shape index (κ1) is 17.0. The predicted octanol–water partition coefficient (Wildman–Crippen LogP) is 4.72. The number of methoxy groups -OCH3 is 1. The van der Waals surface area contributed by atoms with Crippen LogP contribution in [-0.4, -0.2) is 13.7 Å². The van der Waals surface area contributed by atoms with Crippen molar-refractivity contribution < 1.29 is 22.6 Å². The van der Waals surface area contributed by atoms with E-state index in [1.165, 1.54) is 19.2 Å². The zero-order valence-electron chi connectivity index (χ0n) is 12.9. The monoisotopic (exact) mass is 325 g/mol. The van der Waals surface area contributed by atoms with Gasteiger partial charge in [0.25, 0.3) is 0 Å². The number of para-hydroxylation sites is 1. The first-order valence-electron chi connectivity index (χ1n) is 7.15. The third kappa shape index (κ3) is 4.31. The molecule has 124 valence electrons. The Morgan fingerprint density at radius 3 is 2.43 bits per heavy atom. The molecule has 0 aromatic heterocycles. The summed E-state index contributed by atoms with van der Waals surface area (Å²) in [5, 5.41) is 2.82. The van der Waals surface area contributed by atoms with E-state index in [-0.39, 0.29) is 12.2 Å². The molecule has 0 bridgehead atoms. The normalized spacial score (nSPS) is 11.2. The highest BCUT2D eigenvalue weighted by molar-refractivity contribution is 5.53. The van der Waals surface area contributed by atoms with Crippen molar-refractivity contribution in [3.63, 3.8) is 0 Å². The lowest BCUT2D eigenvalue weighted by atomic mass is 10.1. The van der Waals surface area contributed by atoms with E-state index in [1.807, 2.05) is 6.92 Å². The third-order valence-corrected chi connectivity index (χ3v) is 3.24. The molecule has 0 saturated heterocycles. The number of ether oxygens (including phenoxy) is 2. The molecule has 0 aliphatic carbocycles. The average molecular weight is 325 g/mol. The van der Waals surface area contributed by atoms with Crippen LogP contribution < -0.4 is 14.8 Å². The molecule has 2 rings (SSSR count). The van der Waals surface area contributed by atoms with Gasteiger partial charge < -0.3 is 14.8 Å². The van der Waals surface area contributed by atoms with E-state index < -0.39 is 11.7 Å². The van der Waals surface area contributed by atoms with Crippen LogP contribution in [0, 0.1) is 0 Å². The summed E-state index contributed by atoms with van der Waals surface area (Å²) < 4.78 is 49.5. The quantitative estimate of drug-likeness (QED) is 0.833. The summed E-state index contributed by atoms with van der Waals surface area (Å²) in [5.41, 5.74) is 0.160. The number of hydrogen-bond donors (Lipinski definition) is 1. The van der Waals surface area contributed by atoms with E-state index >= 15 is 0 Å². The lowest BCUT2D eigenvalue weighted by Crippen LogP contribution is -2.10. The van der Waals surface area contributed by atoms with Crippen LogP contribution in [-0.2, 0) is 12.7 Å². The maximum Gasteiger partial charge on any atom is 0.418 e. The van der Waals surface area contributed by atoms with Crippen LogP contribution in [0.15, 0.2) is 42.5 Å². The van der Waals surface area contributed by atoms with E-state index in [0.29, 0.717) is 18.1 Å². The topological polar surface area (TPSA) is 30.5 Å². The first-order valence-corrected chi connectivity index (χ1v) is 7.15. The van der Waals surface area contributed by atoms with Gasteiger partial charge in [0, 0.05) is 12.2 Å². The van der Waals surface area contributed by atoms with Crippen LogP contribution in [0.5, 0.6) is 11.5 Å². The largest absolute Gasteiger partial charge is 0.493 e. The summed E-state index contributed by atoms with van der Waals surface area (Å²) in [4.78, 5) is 0. The number of alkyl halides is 3. The summed E-state index contributed by atoms with van der Waals surface area (Å²) >= 11 is 0. The lowest BCUT2D eigenvalue weighted by Gasteiger charge is -2.15. The summed E-state index contributed by atoms with van der Waals surface area (Å²) in [6, 6.07) is 10.7. The molecule has 0 unspecified atom stereocenters. The average Bonchev–Trinajstić information content (AvgIpc) is 2.53. The fraction of sp³-hybridized carbons (Fsp3) is 0.294. The molecule has 0 aliphatic heterocycles. The smallest absolute Gasteiger partial charge is 0.418 e. The van der Waals surface area contributed by atoms with Gasteiger partial charge in [-0.1, -0.05) is 18.2 Å². The molecule has 0 atom stereocenters. The summed E-state index contributed by atoms with van der Waals surface area (Å²) in [7, 11) is 1.52. The Morgan fingerprint density at radius 2 is 1.78 bits per heavy atom. The van der Waals surface area contributed by atoms with E-state index in [0.717, 1.165) is 11.6 Å². The van der Waals surface area contributed by atoms with Crippen molar-refractivity contribution in [2.45, 2.75) is 19.6 Å². The fourth-order valence-corrected chi connectivity index (χ4v) is 2.18. The van der Waals surface area contributed by atoms with Gasteiger partial charge in [-0.15, -0.1) is 0 Å². The molecule has 0 aliphatic rings. The summed E-state index contributed by atoms with van der Waals surface area (Å²) in [5.74, 6) is 1.16. The molecular weight excluding hydrogens is 307 g/mol. The molecule has 2 aromatic rings. The van der Waals surface area contributed by atoms with Gasteiger partial charge in [-0.3, -0.25) is 0 Å². The molecule has 0 amide bonds. The number of hydrogen-bond acceptors (Lipinski definition) is 3. The van der Waals surface area contributed by atoms with Crippen LogP contribution in [0.1, 0.15) is 18.1 Å². The molecule has 0 saturated carbocycles. The Hall–Kier alpha value is -2.37. The Labute approximate surface area is 133 Å². The maximum absolute atomic E-state index is 13.0. The number of rotatable bonds is 6. The molecule has 2 aromatic carbocycles. The Morgan fingerprint density at radius 1 is 1.04 bits per heavy atom. The van der Waals surface area contributed by atoms with Gasteiger partial charge in [-0.05, 0) is 36.8 Å². The SMILES string of the molecule is CCOc1ccc(CNc2ccccc2C(F)(F)F)cc1OC. The number of halogens is 3. The number of anilines is 1. The lowest BCUT2D eigenvalue weighted by molar-refractivity contribution is -0.136. The fourth-order valence-electron chi connectivity index (χ4n) is 2.18. The van der Waals surface area contributed by atoms with Crippen LogP contribution in [0.25, 0.3) is 0 Å². The standard InChI is InChI=1S/C17H18F3NO2/c1-3-23-15-9-8-12(10-16(15)22-2)11-21-14-7-5-4-6-13(14)17(18,19)20/h4-10,21H,3,11H2,1-2H3. The van der Waals surface area contributed by atoms with Crippen molar-refractivity contribution in [1.82, 2.24) is 0 Å². The third-order valence-electron chi connectivity index (χ3n) is 3.24. The van der Waals surface area contributed by atoms with Crippen molar-refractivity contribution in [2.75, 3.05) is 19.0 Å². The van der Waals surface area contributed by atoms with Crippen LogP contribution in [0.2, 0.25) is 0 Å². The highest BCUT2D eigenvalue weighted by atomic mass is 19.4. The summed E-state index contributed by atoms with van der Waals surface area (Å²) in [6.45, 7) is 2.62. The minimum Gasteiger partial charge on any atom is -0.493 e. The first-order chi connectivity index (χ1) is 11.0. The van der Waals surface area contributed by atoms with Crippen molar-refractivity contribution in [3.05, 3.63) is 53.6 Å². The molecule has 3 nitrogen and oxygen atoms in total. The van der Waals surface area contributed by atoms with Gasteiger partial charge in [-0.25, -0.2) is 0 Å². The van der Waals surface area contributed by atoms with Gasteiger partial charge in [0.1, 0.15) is 0 Å². The predicted molar refractivity (Wildman–Crippen MR) is 82.9 cm³/mol. The molecule has 0 heterocycles. The van der Waals surface area contributed by atoms with Crippen molar-refractivity contribution in [2.24, 2.45) is 0 Å². The molecule has 23 heavy (non-hydrogen) atoms. The second kappa shape index (κ2) is 7.26. The molecular formula is C17H18F3NO2. The van der Waals surface area contributed by atoms with Gasteiger partial charge in [0.15, 0.2) is 11.5 Å². The van der Waals surface area contributed by atoms with E-state index in [4.69, 9.17) is 9.47 Å². The van der Waals surface area contributed by atoms with Gasteiger partial charge in [0.05, 0.1) is 19.3 Å². The Kier molecular flexibility index (Phi) is 5.36. The minimum absolute atomic E-state index is 0.0489. The second-order valence-corrected chi connectivity index (χ2v) is 4.82. The van der Waals surface area contributed by atoms with Crippen molar-refractivity contribution >= 4 is 5.69 Å². The Balaban J connectivity index is 2.16. The maximum atomic E-state index is 13.0.